The van der Waals surface area contributed by atoms with Crippen molar-refractivity contribution in [2.75, 3.05) is 6.98 Å². The molecule has 0 radical (unpaired) electrons. The Morgan fingerprint density at radius 1 is 1.45 bits per heavy atom. The molecule has 22 heavy (non-hydrogen) atoms. The van der Waals surface area contributed by atoms with Crippen molar-refractivity contribution in [1.82, 2.24) is 4.90 Å². The van der Waals surface area contributed by atoms with E-state index in [1.165, 1.54) is 6.07 Å². The van der Waals surface area contributed by atoms with Crippen molar-refractivity contribution >= 4 is 0 Å². The standard InChI is InChI=1S/C20H29NO/c1-5-20-10-6-7-17-19(20)18(21(17)4)11-14-8-9-15(12-16(14)20)22-13(2)3/h8-9,12-13,17-19H,5-7,10-11H2,1-4H3/t17?,18-,19+,20?/m0/s1/i2D3,3D3,4D3,13D. The zero-order chi connectivity index (χ0) is 23.9. The monoisotopic (exact) mass is 309 g/mol. The highest BCUT2D eigenvalue weighted by Gasteiger charge is 2.60. The molecule has 1 saturated carbocycles. The Hall–Kier alpha value is -1.02. The molecule has 120 valence electrons. The summed E-state index contributed by atoms with van der Waals surface area (Å²) in [6.45, 7) is -6.41. The van der Waals surface area contributed by atoms with Gasteiger partial charge in [-0.25, -0.2) is 0 Å². The first-order chi connectivity index (χ1) is 14.6. The van der Waals surface area contributed by atoms with Crippen LogP contribution in [0.3, 0.4) is 0 Å². The lowest BCUT2D eigenvalue weighted by Crippen LogP contribution is -2.72. The van der Waals surface area contributed by atoms with Crippen LogP contribution in [0.15, 0.2) is 18.2 Å². The van der Waals surface area contributed by atoms with Gasteiger partial charge in [0.1, 0.15) is 5.75 Å². The van der Waals surface area contributed by atoms with Gasteiger partial charge in [-0.3, -0.25) is 4.90 Å². The molecule has 1 heterocycles. The average molecular weight is 310 g/mol. The number of rotatable bonds is 3. The molecule has 3 aliphatic rings. The maximum atomic E-state index is 8.19. The molecule has 0 bridgehead atoms. The van der Waals surface area contributed by atoms with Crippen molar-refractivity contribution in [3.63, 3.8) is 0 Å². The molecule has 2 aliphatic carbocycles. The van der Waals surface area contributed by atoms with E-state index in [1.54, 1.807) is 17.0 Å². The molecular weight excluding hydrogens is 270 g/mol. The van der Waals surface area contributed by atoms with Gasteiger partial charge in [0.25, 0.3) is 0 Å². The average Bonchev–Trinajstić information content (AvgIpc) is 2.63. The smallest absolute Gasteiger partial charge is 0.119 e. The van der Waals surface area contributed by atoms with Crippen molar-refractivity contribution in [3.8, 4) is 5.75 Å². The molecule has 1 aromatic rings. The van der Waals surface area contributed by atoms with E-state index in [1.807, 2.05) is 0 Å². The molecular formula is C20H29NO. The van der Waals surface area contributed by atoms with Crippen LogP contribution in [0.1, 0.15) is 71.1 Å². The summed E-state index contributed by atoms with van der Waals surface area (Å²) in [6.07, 6.45) is 0.875. The minimum absolute atomic E-state index is 0.0288. The van der Waals surface area contributed by atoms with Crippen LogP contribution in [-0.4, -0.2) is 30.0 Å². The summed E-state index contributed by atoms with van der Waals surface area (Å²) in [4.78, 5) is 1.69. The summed E-state index contributed by atoms with van der Waals surface area (Å²) in [6, 6.07) is 4.88. The third-order valence-electron chi connectivity index (χ3n) is 6.20. The molecule has 1 aromatic carbocycles. The molecule has 2 heteroatoms. The van der Waals surface area contributed by atoms with Crippen molar-refractivity contribution in [1.29, 1.82) is 0 Å². The molecule has 0 aromatic heterocycles. The molecule has 2 fully saturated rings. The first kappa shape index (κ1) is 7.25. The Balaban J connectivity index is 1.77. The number of hydrogen-bond acceptors (Lipinski definition) is 2. The van der Waals surface area contributed by atoms with Gasteiger partial charge in [0.15, 0.2) is 0 Å². The highest BCUT2D eigenvalue weighted by molar-refractivity contribution is 5.46. The fourth-order valence-corrected chi connectivity index (χ4v) is 5.34. The van der Waals surface area contributed by atoms with Crippen LogP contribution in [0.5, 0.6) is 5.75 Å². The topological polar surface area (TPSA) is 12.5 Å². The second-order valence-electron chi connectivity index (χ2n) is 6.92. The van der Waals surface area contributed by atoms with Gasteiger partial charge in [-0.15, -0.1) is 0 Å². The number of benzene rings is 1. The van der Waals surface area contributed by atoms with Crippen molar-refractivity contribution in [3.05, 3.63) is 29.3 Å². The van der Waals surface area contributed by atoms with Crippen molar-refractivity contribution in [2.24, 2.45) is 5.92 Å². The van der Waals surface area contributed by atoms with E-state index in [-0.39, 0.29) is 29.2 Å². The minimum atomic E-state index is -3.17. The lowest BCUT2D eigenvalue weighted by Gasteiger charge is -2.66. The highest BCUT2D eigenvalue weighted by atomic mass is 16.5. The number of likely N-dealkylation sites (N-methyl/N-ethyl adjacent to an activating group) is 1. The summed E-state index contributed by atoms with van der Waals surface area (Å²) >= 11 is 0. The third kappa shape index (κ3) is 1.83. The number of nitrogens with zero attached hydrogens (tertiary/aromatic N) is 1. The Morgan fingerprint density at radius 2 is 2.36 bits per heavy atom. The van der Waals surface area contributed by atoms with Gasteiger partial charge in [-0.05, 0) is 75.5 Å². The van der Waals surface area contributed by atoms with Crippen LogP contribution in [0.25, 0.3) is 0 Å². The molecule has 2 unspecified atom stereocenters. The maximum Gasteiger partial charge on any atom is 0.119 e. The predicted octanol–water partition coefficient (Wildman–Crippen LogP) is 4.16. The van der Waals surface area contributed by atoms with Crippen LogP contribution >= 0.6 is 0 Å². The summed E-state index contributed by atoms with van der Waals surface area (Å²) in [5, 5.41) is 0. The first-order valence-corrected chi connectivity index (χ1v) is 8.18. The maximum absolute atomic E-state index is 8.19. The zero-order valence-corrected chi connectivity index (χ0v) is 12.9. The number of fused-ring (bicyclic) bond motifs is 2. The molecule has 0 N–H and O–H groups in total. The van der Waals surface area contributed by atoms with E-state index in [0.29, 0.717) is 6.42 Å². The molecule has 2 nitrogen and oxygen atoms in total. The largest absolute Gasteiger partial charge is 0.491 e. The Morgan fingerprint density at radius 3 is 3.14 bits per heavy atom. The molecule has 1 saturated heterocycles. The highest BCUT2D eigenvalue weighted by Crippen LogP contribution is 2.59. The van der Waals surface area contributed by atoms with Gasteiger partial charge in [0.05, 0.1) is 7.45 Å². The van der Waals surface area contributed by atoms with Gasteiger partial charge in [0, 0.05) is 29.8 Å². The van der Waals surface area contributed by atoms with Gasteiger partial charge in [0.2, 0.25) is 0 Å². The van der Waals surface area contributed by atoms with Gasteiger partial charge in [-0.2, -0.15) is 0 Å². The van der Waals surface area contributed by atoms with E-state index in [4.69, 9.17) is 18.4 Å². The van der Waals surface area contributed by atoms with E-state index in [9.17, 15) is 0 Å². The van der Waals surface area contributed by atoms with Gasteiger partial charge < -0.3 is 4.74 Å². The number of likely N-dealkylation sites (tertiary alicyclic amines) is 1. The van der Waals surface area contributed by atoms with Crippen LogP contribution < -0.4 is 4.74 Å². The summed E-state index contributed by atoms with van der Waals surface area (Å²) in [5.41, 5.74) is 1.69. The van der Waals surface area contributed by atoms with Crippen molar-refractivity contribution in [2.45, 2.75) is 76.3 Å². The lowest BCUT2D eigenvalue weighted by molar-refractivity contribution is -0.115. The van der Waals surface area contributed by atoms with E-state index in [2.05, 4.69) is 6.92 Å². The van der Waals surface area contributed by atoms with Gasteiger partial charge >= 0.3 is 0 Å². The summed E-state index contributed by atoms with van der Waals surface area (Å²) < 4.78 is 83.3. The Labute approximate surface area is 148 Å². The van der Waals surface area contributed by atoms with Crippen LogP contribution in [0.4, 0.5) is 0 Å². The van der Waals surface area contributed by atoms with E-state index < -0.39 is 26.8 Å². The Bertz CT molecular complexity index is 878. The molecule has 4 rings (SSSR count). The predicted molar refractivity (Wildman–Crippen MR) is 90.6 cm³/mol. The molecule has 1 aliphatic heterocycles. The summed E-state index contributed by atoms with van der Waals surface area (Å²) in [7, 11) is 0. The minimum Gasteiger partial charge on any atom is -0.491 e. The van der Waals surface area contributed by atoms with Crippen molar-refractivity contribution < 1.29 is 18.4 Å². The third-order valence-corrected chi connectivity index (χ3v) is 6.20. The van der Waals surface area contributed by atoms with Crippen LogP contribution in [-0.2, 0) is 11.8 Å². The lowest BCUT2D eigenvalue weighted by atomic mass is 9.49. The fraction of sp³-hybridized carbons (Fsp3) is 0.700. The van der Waals surface area contributed by atoms with Gasteiger partial charge in [-0.1, -0.05) is 19.4 Å². The second-order valence-corrected chi connectivity index (χ2v) is 6.92. The SMILES string of the molecule is [2H]C([2H])([2H])N1C2CCCC3(CC)c4cc(OC([2H])(C([2H])([2H])[2H])C([2H])([2H])[2H])ccc4C[C@H]1[C@@H]23. The van der Waals surface area contributed by atoms with E-state index in [0.717, 1.165) is 36.8 Å². The van der Waals surface area contributed by atoms with Crippen LogP contribution in [0, 0.1) is 5.92 Å². The van der Waals surface area contributed by atoms with E-state index >= 15 is 0 Å². The number of ether oxygens (including phenoxy) is 1. The van der Waals surface area contributed by atoms with Crippen LogP contribution in [0.2, 0.25) is 0 Å². The second kappa shape index (κ2) is 4.99. The summed E-state index contributed by atoms with van der Waals surface area (Å²) in [5.74, 6) is 0.224. The Kier molecular flexibility index (Phi) is 1.65. The molecule has 0 spiro atoms. The molecule has 4 atom stereocenters. The zero-order valence-electron chi connectivity index (χ0n) is 22.9. The molecule has 0 amide bonds. The first-order valence-electron chi connectivity index (χ1n) is 13.2. The normalized spacial score (nSPS) is 45.4. The number of hydrogen-bond donors (Lipinski definition) is 0. The fourth-order valence-electron chi connectivity index (χ4n) is 5.34. The quantitative estimate of drug-likeness (QED) is 0.831.